The Morgan fingerprint density at radius 2 is 1.62 bits per heavy atom. The molecule has 0 spiro atoms. The van der Waals surface area contributed by atoms with E-state index in [0.717, 1.165) is 5.56 Å². The van der Waals surface area contributed by atoms with Crippen LogP contribution < -0.4 is 10.7 Å². The van der Waals surface area contributed by atoms with Crippen LogP contribution >= 0.6 is 0 Å². The zero-order valence-electron chi connectivity index (χ0n) is 17.6. The van der Waals surface area contributed by atoms with Gasteiger partial charge in [0.25, 0.3) is 5.91 Å². The fraction of sp³-hybridized carbons (Fsp3) is 0.120. The molecule has 0 saturated heterocycles. The molecule has 4 rings (SSSR count). The molecule has 1 heterocycles. The van der Waals surface area contributed by atoms with E-state index < -0.39 is 15.7 Å². The summed E-state index contributed by atoms with van der Waals surface area (Å²) in [5.41, 5.74) is 1.40. The quantitative estimate of drug-likeness (QED) is 0.474. The van der Waals surface area contributed by atoms with Crippen molar-refractivity contribution in [1.82, 2.24) is 0 Å². The van der Waals surface area contributed by atoms with Crippen LogP contribution in [-0.2, 0) is 9.84 Å². The molecule has 0 aliphatic heterocycles. The molecule has 6 nitrogen and oxygen atoms in total. The summed E-state index contributed by atoms with van der Waals surface area (Å²) in [5.74, 6) is -0.277. The smallest absolute Gasteiger partial charge is 0.259 e. The second kappa shape index (κ2) is 8.43. The van der Waals surface area contributed by atoms with Crippen molar-refractivity contribution in [2.75, 3.05) is 11.1 Å². The number of amides is 1. The molecular formula is C25H21NO5S. The lowest BCUT2D eigenvalue weighted by Crippen LogP contribution is -2.17. The molecule has 1 aromatic heterocycles. The fourth-order valence-electron chi connectivity index (χ4n) is 3.54. The van der Waals surface area contributed by atoms with E-state index in [9.17, 15) is 18.0 Å². The topological polar surface area (TPSA) is 93.5 Å². The van der Waals surface area contributed by atoms with Crippen LogP contribution in [0.25, 0.3) is 22.3 Å². The van der Waals surface area contributed by atoms with Crippen LogP contribution in [0, 0.1) is 6.92 Å². The number of carbonyl (C=O) groups is 1. The molecule has 0 aliphatic rings. The Balaban J connectivity index is 1.85. The third kappa shape index (κ3) is 3.83. The third-order valence-electron chi connectivity index (χ3n) is 5.28. The molecule has 0 fully saturated rings. The SMILES string of the molecule is CCS(=O)(=O)c1ccccc1NC(=O)c1cccc2c(=O)c(C)c(-c3ccccc3)oc12. The van der Waals surface area contributed by atoms with Gasteiger partial charge < -0.3 is 9.73 Å². The molecule has 1 amide bonds. The largest absolute Gasteiger partial charge is 0.455 e. The normalized spacial score (nSPS) is 11.4. The maximum absolute atomic E-state index is 13.2. The average molecular weight is 448 g/mol. The number of carbonyl (C=O) groups excluding carboxylic acids is 1. The van der Waals surface area contributed by atoms with Crippen LogP contribution in [0.5, 0.6) is 0 Å². The molecule has 4 aromatic rings. The Bertz CT molecular complexity index is 1490. The number of nitrogens with one attached hydrogen (secondary N) is 1. The van der Waals surface area contributed by atoms with Gasteiger partial charge in [-0.1, -0.05) is 55.5 Å². The van der Waals surface area contributed by atoms with Gasteiger partial charge in [0.1, 0.15) is 5.76 Å². The van der Waals surface area contributed by atoms with E-state index in [2.05, 4.69) is 5.32 Å². The molecule has 0 radical (unpaired) electrons. The Hall–Kier alpha value is -3.71. The van der Waals surface area contributed by atoms with Crippen molar-refractivity contribution in [3.63, 3.8) is 0 Å². The monoisotopic (exact) mass is 447 g/mol. The zero-order valence-corrected chi connectivity index (χ0v) is 18.4. The third-order valence-corrected chi connectivity index (χ3v) is 7.06. The predicted molar refractivity (Wildman–Crippen MR) is 125 cm³/mol. The number of rotatable bonds is 5. The van der Waals surface area contributed by atoms with E-state index in [0.29, 0.717) is 11.3 Å². The van der Waals surface area contributed by atoms with Crippen molar-refractivity contribution in [2.45, 2.75) is 18.7 Å². The Morgan fingerprint density at radius 1 is 0.938 bits per heavy atom. The molecule has 3 aromatic carbocycles. The molecule has 7 heteroatoms. The lowest BCUT2D eigenvalue weighted by Gasteiger charge is -2.13. The van der Waals surface area contributed by atoms with Gasteiger partial charge in [-0.3, -0.25) is 9.59 Å². The number of anilines is 1. The molecular weight excluding hydrogens is 426 g/mol. The molecule has 1 N–H and O–H groups in total. The number of hydrogen-bond donors (Lipinski definition) is 1. The van der Waals surface area contributed by atoms with Crippen molar-refractivity contribution >= 4 is 32.4 Å². The van der Waals surface area contributed by atoms with Gasteiger partial charge in [0.15, 0.2) is 20.8 Å². The molecule has 162 valence electrons. The summed E-state index contributed by atoms with van der Waals surface area (Å²) < 4.78 is 30.9. The van der Waals surface area contributed by atoms with Gasteiger partial charge in [0.05, 0.1) is 27.3 Å². The number of fused-ring (bicyclic) bond motifs is 1. The maximum atomic E-state index is 13.2. The Morgan fingerprint density at radius 3 is 2.34 bits per heavy atom. The molecule has 32 heavy (non-hydrogen) atoms. The van der Waals surface area contributed by atoms with Crippen molar-refractivity contribution in [3.8, 4) is 11.3 Å². The standard InChI is InChI=1S/C25H21NO5S/c1-3-32(29,30)21-15-8-7-14-20(21)26-25(28)19-13-9-12-18-22(27)16(2)23(31-24(18)19)17-10-5-4-6-11-17/h4-15H,3H2,1-2H3,(H,26,28). The fourth-order valence-corrected chi connectivity index (χ4v) is 4.59. The van der Waals surface area contributed by atoms with E-state index in [1.54, 1.807) is 44.2 Å². The van der Waals surface area contributed by atoms with E-state index in [1.165, 1.54) is 12.1 Å². The molecule has 0 bridgehead atoms. The van der Waals surface area contributed by atoms with Crippen molar-refractivity contribution < 1.29 is 17.6 Å². The van der Waals surface area contributed by atoms with Crippen molar-refractivity contribution in [3.05, 3.63) is 94.1 Å². The van der Waals surface area contributed by atoms with Crippen molar-refractivity contribution in [2.24, 2.45) is 0 Å². The minimum absolute atomic E-state index is 0.0401. The van der Waals surface area contributed by atoms with Gasteiger partial charge in [0.2, 0.25) is 0 Å². The second-order valence-electron chi connectivity index (χ2n) is 7.29. The summed E-state index contributed by atoms with van der Waals surface area (Å²) >= 11 is 0. The Labute approximate surface area is 185 Å². The molecule has 0 saturated carbocycles. The first-order valence-electron chi connectivity index (χ1n) is 10.1. The van der Waals surface area contributed by atoms with Gasteiger partial charge in [0, 0.05) is 11.1 Å². The number of hydrogen-bond acceptors (Lipinski definition) is 5. The van der Waals surface area contributed by atoms with E-state index in [4.69, 9.17) is 4.42 Å². The Kier molecular flexibility index (Phi) is 5.67. The summed E-state index contributed by atoms with van der Waals surface area (Å²) in [4.78, 5) is 26.2. The first-order chi connectivity index (χ1) is 15.3. The minimum Gasteiger partial charge on any atom is -0.455 e. The van der Waals surface area contributed by atoms with Gasteiger partial charge in [-0.25, -0.2) is 8.42 Å². The summed E-state index contributed by atoms with van der Waals surface area (Å²) in [7, 11) is -3.54. The van der Waals surface area contributed by atoms with Gasteiger partial charge >= 0.3 is 0 Å². The van der Waals surface area contributed by atoms with Gasteiger partial charge in [-0.2, -0.15) is 0 Å². The predicted octanol–water partition coefficient (Wildman–Crippen LogP) is 4.81. The summed E-state index contributed by atoms with van der Waals surface area (Å²) in [6.45, 7) is 3.23. The summed E-state index contributed by atoms with van der Waals surface area (Å²) in [5, 5.41) is 2.95. The van der Waals surface area contributed by atoms with E-state index >= 15 is 0 Å². The number of benzene rings is 3. The first kappa shape index (κ1) is 21.5. The van der Waals surface area contributed by atoms with E-state index in [-0.39, 0.29) is 38.3 Å². The minimum atomic E-state index is -3.54. The second-order valence-corrected chi connectivity index (χ2v) is 9.53. The highest BCUT2D eigenvalue weighted by molar-refractivity contribution is 7.91. The van der Waals surface area contributed by atoms with Crippen LogP contribution in [0.15, 0.2) is 86.9 Å². The van der Waals surface area contributed by atoms with E-state index in [1.807, 2.05) is 30.3 Å². The highest BCUT2D eigenvalue weighted by Gasteiger charge is 2.21. The maximum Gasteiger partial charge on any atom is 0.259 e. The average Bonchev–Trinajstić information content (AvgIpc) is 2.81. The molecule has 0 aliphatic carbocycles. The van der Waals surface area contributed by atoms with Crippen molar-refractivity contribution in [1.29, 1.82) is 0 Å². The first-order valence-corrected chi connectivity index (χ1v) is 11.7. The van der Waals surface area contributed by atoms with Crippen LogP contribution in [0.3, 0.4) is 0 Å². The lowest BCUT2D eigenvalue weighted by atomic mass is 10.0. The molecule has 0 unspecified atom stereocenters. The lowest BCUT2D eigenvalue weighted by molar-refractivity contribution is 0.102. The summed E-state index contributed by atoms with van der Waals surface area (Å²) in [6, 6.07) is 20.2. The zero-order chi connectivity index (χ0) is 22.9. The highest BCUT2D eigenvalue weighted by Crippen LogP contribution is 2.28. The highest BCUT2D eigenvalue weighted by atomic mass is 32.2. The van der Waals surface area contributed by atoms with Crippen LogP contribution in [-0.4, -0.2) is 20.1 Å². The van der Waals surface area contributed by atoms with Gasteiger partial charge in [-0.15, -0.1) is 0 Å². The van der Waals surface area contributed by atoms with Gasteiger partial charge in [-0.05, 0) is 31.2 Å². The van der Waals surface area contributed by atoms with Crippen LogP contribution in [0.1, 0.15) is 22.8 Å². The molecule has 0 atom stereocenters. The van der Waals surface area contributed by atoms with Crippen LogP contribution in [0.2, 0.25) is 0 Å². The number of sulfone groups is 1. The summed E-state index contributed by atoms with van der Waals surface area (Å²) in [6.07, 6.45) is 0. The number of para-hydroxylation sites is 2. The van der Waals surface area contributed by atoms with Crippen LogP contribution in [0.4, 0.5) is 5.69 Å².